The second-order valence-corrected chi connectivity index (χ2v) is 13.8. The van der Waals surface area contributed by atoms with Crippen molar-refractivity contribution in [3.05, 3.63) is 182 Å². The number of fused-ring (bicyclic) bond motifs is 6. The van der Waals surface area contributed by atoms with E-state index in [2.05, 4.69) is 82.8 Å². The lowest BCUT2D eigenvalue weighted by Gasteiger charge is -2.12. The molecule has 6 heteroatoms. The Morgan fingerprint density at radius 1 is 0.339 bits per heavy atom. The van der Waals surface area contributed by atoms with Crippen LogP contribution in [0.5, 0.6) is 0 Å². The zero-order valence-electron chi connectivity index (χ0n) is 29.9. The van der Waals surface area contributed by atoms with Crippen LogP contribution in [0.2, 0.25) is 0 Å². The Balaban J connectivity index is 1.05. The summed E-state index contributed by atoms with van der Waals surface area (Å²) >= 11 is 0. The van der Waals surface area contributed by atoms with Crippen molar-refractivity contribution in [2.45, 2.75) is 0 Å². The standard InChI is InChI=1S/C50H30N4O2/c1-3-11-31(12-4-1)36-29-51-49(52-30-36)33-19-21-34(22-20-33)50-53-42(32-13-5-2-6-14-32)28-43(54-50)39-25-24-37(48-47(39)40-16-8-10-18-45(40)56-48)35-23-26-46-41(27-35)38-15-7-9-17-44(38)55-46/h1-30H. The summed E-state index contributed by atoms with van der Waals surface area (Å²) in [6, 6.07) is 57.6. The van der Waals surface area contributed by atoms with Gasteiger partial charge >= 0.3 is 0 Å². The average molecular weight is 719 g/mol. The summed E-state index contributed by atoms with van der Waals surface area (Å²) in [7, 11) is 0. The minimum atomic E-state index is 0.621. The molecule has 0 N–H and O–H groups in total. The zero-order chi connectivity index (χ0) is 37.0. The van der Waals surface area contributed by atoms with Crippen molar-refractivity contribution in [2.24, 2.45) is 0 Å². The molecule has 0 saturated carbocycles. The van der Waals surface area contributed by atoms with Crippen molar-refractivity contribution in [1.82, 2.24) is 19.9 Å². The van der Waals surface area contributed by atoms with Crippen LogP contribution < -0.4 is 0 Å². The molecule has 0 amide bonds. The van der Waals surface area contributed by atoms with Gasteiger partial charge in [0.1, 0.15) is 22.3 Å². The van der Waals surface area contributed by atoms with Crippen molar-refractivity contribution in [1.29, 1.82) is 0 Å². The van der Waals surface area contributed by atoms with E-state index in [1.165, 1.54) is 0 Å². The second kappa shape index (κ2) is 13.0. The summed E-state index contributed by atoms with van der Waals surface area (Å²) < 4.78 is 12.9. The first-order valence-corrected chi connectivity index (χ1v) is 18.5. The molecule has 4 aromatic heterocycles. The number of benzene rings is 7. The van der Waals surface area contributed by atoms with Gasteiger partial charge in [0.25, 0.3) is 0 Å². The summed E-state index contributed by atoms with van der Waals surface area (Å²) in [4.78, 5) is 19.7. The van der Waals surface area contributed by atoms with Crippen LogP contribution in [0, 0.1) is 0 Å². The fraction of sp³-hybridized carbons (Fsp3) is 0. The number of hydrogen-bond acceptors (Lipinski definition) is 6. The van der Waals surface area contributed by atoms with E-state index in [0.29, 0.717) is 11.6 Å². The molecule has 0 bridgehead atoms. The zero-order valence-corrected chi connectivity index (χ0v) is 29.9. The van der Waals surface area contributed by atoms with Crippen molar-refractivity contribution in [3.8, 4) is 67.5 Å². The third kappa shape index (κ3) is 5.43. The fourth-order valence-electron chi connectivity index (χ4n) is 7.66. The van der Waals surface area contributed by atoms with Gasteiger partial charge in [-0.25, -0.2) is 19.9 Å². The number of para-hydroxylation sites is 2. The van der Waals surface area contributed by atoms with Crippen LogP contribution in [0.4, 0.5) is 0 Å². The smallest absolute Gasteiger partial charge is 0.160 e. The summed E-state index contributed by atoms with van der Waals surface area (Å²) in [6.45, 7) is 0. The van der Waals surface area contributed by atoms with E-state index in [0.717, 1.165) is 99.8 Å². The van der Waals surface area contributed by atoms with Crippen LogP contribution in [-0.4, -0.2) is 19.9 Å². The van der Waals surface area contributed by atoms with Gasteiger partial charge in [-0.1, -0.05) is 133 Å². The maximum atomic E-state index is 6.72. The van der Waals surface area contributed by atoms with E-state index < -0.39 is 0 Å². The molecular weight excluding hydrogens is 689 g/mol. The second-order valence-electron chi connectivity index (χ2n) is 13.8. The summed E-state index contributed by atoms with van der Waals surface area (Å²) in [5.74, 6) is 1.28. The monoisotopic (exact) mass is 718 g/mol. The molecule has 0 aliphatic rings. The maximum Gasteiger partial charge on any atom is 0.160 e. The lowest BCUT2D eigenvalue weighted by Crippen LogP contribution is -1.97. The molecule has 262 valence electrons. The Morgan fingerprint density at radius 3 is 1.66 bits per heavy atom. The van der Waals surface area contributed by atoms with Gasteiger partial charge in [0.15, 0.2) is 11.6 Å². The first-order chi connectivity index (χ1) is 27.7. The quantitative estimate of drug-likeness (QED) is 0.170. The van der Waals surface area contributed by atoms with Crippen LogP contribution in [0.15, 0.2) is 191 Å². The van der Waals surface area contributed by atoms with Gasteiger partial charge in [-0.3, -0.25) is 0 Å². The van der Waals surface area contributed by atoms with Crippen molar-refractivity contribution >= 4 is 43.9 Å². The molecule has 0 aliphatic heterocycles. The topological polar surface area (TPSA) is 77.8 Å². The molecule has 11 aromatic rings. The van der Waals surface area contributed by atoms with Crippen LogP contribution in [0.1, 0.15) is 0 Å². The van der Waals surface area contributed by atoms with Gasteiger partial charge in [-0.05, 0) is 47.5 Å². The van der Waals surface area contributed by atoms with Gasteiger partial charge in [0.2, 0.25) is 0 Å². The number of nitrogens with zero attached hydrogens (tertiary/aromatic N) is 4. The van der Waals surface area contributed by atoms with Crippen molar-refractivity contribution < 1.29 is 8.83 Å². The van der Waals surface area contributed by atoms with E-state index in [-0.39, 0.29) is 0 Å². The minimum absolute atomic E-state index is 0.621. The Morgan fingerprint density at radius 2 is 0.911 bits per heavy atom. The van der Waals surface area contributed by atoms with Gasteiger partial charge in [-0.15, -0.1) is 0 Å². The number of rotatable bonds is 6. The van der Waals surface area contributed by atoms with Crippen LogP contribution >= 0.6 is 0 Å². The third-order valence-corrected chi connectivity index (χ3v) is 10.4. The average Bonchev–Trinajstić information content (AvgIpc) is 3.85. The maximum absolute atomic E-state index is 6.72. The predicted molar refractivity (Wildman–Crippen MR) is 225 cm³/mol. The molecule has 0 fully saturated rings. The summed E-state index contributed by atoms with van der Waals surface area (Å²) in [5.41, 5.74) is 12.9. The molecule has 11 rings (SSSR count). The lowest BCUT2D eigenvalue weighted by molar-refractivity contribution is 0.668. The number of aromatic nitrogens is 4. The molecule has 6 nitrogen and oxygen atoms in total. The molecule has 0 atom stereocenters. The van der Waals surface area contributed by atoms with Crippen LogP contribution in [-0.2, 0) is 0 Å². The van der Waals surface area contributed by atoms with Crippen molar-refractivity contribution in [2.75, 3.05) is 0 Å². The van der Waals surface area contributed by atoms with Gasteiger partial charge in [-0.2, -0.15) is 0 Å². The molecule has 0 saturated heterocycles. The van der Waals surface area contributed by atoms with E-state index in [9.17, 15) is 0 Å². The number of hydrogen-bond donors (Lipinski definition) is 0. The summed E-state index contributed by atoms with van der Waals surface area (Å²) in [6.07, 6.45) is 3.74. The number of furan rings is 2. The Kier molecular flexibility index (Phi) is 7.38. The third-order valence-electron chi connectivity index (χ3n) is 10.4. The van der Waals surface area contributed by atoms with Crippen LogP contribution in [0.25, 0.3) is 111 Å². The van der Waals surface area contributed by atoms with E-state index in [1.54, 1.807) is 0 Å². The highest BCUT2D eigenvalue weighted by Gasteiger charge is 2.20. The lowest BCUT2D eigenvalue weighted by atomic mass is 9.95. The molecule has 4 heterocycles. The minimum Gasteiger partial charge on any atom is -0.456 e. The molecule has 0 radical (unpaired) electrons. The molecule has 0 aliphatic carbocycles. The SMILES string of the molecule is c1ccc(-c2cnc(-c3ccc(-c4nc(-c5ccccc5)cc(-c5ccc(-c6ccc7oc8ccccc8c7c6)c6oc7ccccc7c56)n4)cc3)nc2)cc1. The highest BCUT2D eigenvalue weighted by Crippen LogP contribution is 2.43. The van der Waals surface area contributed by atoms with Gasteiger partial charge in [0.05, 0.1) is 11.4 Å². The molecule has 0 spiro atoms. The summed E-state index contributed by atoms with van der Waals surface area (Å²) in [5, 5.41) is 4.19. The Hall–Kier alpha value is -7.70. The van der Waals surface area contributed by atoms with Crippen LogP contribution in [0.3, 0.4) is 0 Å². The Bertz CT molecular complexity index is 3220. The van der Waals surface area contributed by atoms with E-state index in [4.69, 9.17) is 18.8 Å². The fourth-order valence-corrected chi connectivity index (χ4v) is 7.66. The predicted octanol–water partition coefficient (Wildman–Crippen LogP) is 13.1. The largest absolute Gasteiger partial charge is 0.456 e. The highest BCUT2D eigenvalue weighted by molar-refractivity contribution is 6.17. The highest BCUT2D eigenvalue weighted by atomic mass is 16.3. The van der Waals surface area contributed by atoms with Crippen molar-refractivity contribution in [3.63, 3.8) is 0 Å². The normalized spacial score (nSPS) is 11.6. The molecule has 7 aromatic carbocycles. The first kappa shape index (κ1) is 31.8. The van der Waals surface area contributed by atoms with Gasteiger partial charge in [0, 0.05) is 67.3 Å². The first-order valence-electron chi connectivity index (χ1n) is 18.5. The molecular formula is C50H30N4O2. The van der Waals surface area contributed by atoms with E-state index in [1.807, 2.05) is 109 Å². The van der Waals surface area contributed by atoms with Gasteiger partial charge < -0.3 is 8.83 Å². The van der Waals surface area contributed by atoms with E-state index >= 15 is 0 Å². The Labute approximate surface area is 321 Å². The molecule has 56 heavy (non-hydrogen) atoms. The molecule has 0 unspecified atom stereocenters.